The molecule has 0 amide bonds. The van der Waals surface area contributed by atoms with Crippen molar-refractivity contribution >= 4 is 9.76 Å². The standard InChI is InChI=1S/C12H27NO3Si/c1-11(2,3)14-10(15-12(4,5)6)16-17-9-7-8-13/h10H,7-9,13H2,1-6H3. The molecule has 0 aromatic heterocycles. The molecule has 102 valence electrons. The lowest BCUT2D eigenvalue weighted by molar-refractivity contribution is -0.314. The highest BCUT2D eigenvalue weighted by Gasteiger charge is 2.24. The van der Waals surface area contributed by atoms with Gasteiger partial charge in [0.05, 0.1) is 11.2 Å². The molecule has 0 fully saturated rings. The summed E-state index contributed by atoms with van der Waals surface area (Å²) >= 11 is 0. The van der Waals surface area contributed by atoms with Gasteiger partial charge in [-0.25, -0.2) is 0 Å². The van der Waals surface area contributed by atoms with Gasteiger partial charge in [-0.05, 0) is 60.6 Å². The summed E-state index contributed by atoms with van der Waals surface area (Å²) in [5, 5.41) is 0. The quantitative estimate of drug-likeness (QED) is 0.434. The van der Waals surface area contributed by atoms with E-state index in [1.54, 1.807) is 0 Å². The van der Waals surface area contributed by atoms with Gasteiger partial charge in [0.2, 0.25) is 9.76 Å². The molecule has 0 bridgehead atoms. The molecule has 0 heterocycles. The van der Waals surface area contributed by atoms with Crippen molar-refractivity contribution in [2.45, 2.75) is 71.7 Å². The van der Waals surface area contributed by atoms with Crippen LogP contribution in [0.3, 0.4) is 0 Å². The minimum atomic E-state index is -0.605. The van der Waals surface area contributed by atoms with Crippen LogP contribution in [0.1, 0.15) is 48.0 Å². The number of ether oxygens (including phenoxy) is 2. The monoisotopic (exact) mass is 261 g/mol. The third-order valence-electron chi connectivity index (χ3n) is 1.56. The molecule has 2 N–H and O–H groups in total. The second-order valence-corrected chi connectivity index (χ2v) is 6.93. The smallest absolute Gasteiger partial charge is 0.262 e. The highest BCUT2D eigenvalue weighted by atomic mass is 28.2. The Morgan fingerprint density at radius 2 is 1.47 bits per heavy atom. The van der Waals surface area contributed by atoms with Crippen LogP contribution in [0.15, 0.2) is 0 Å². The minimum absolute atomic E-state index is 0.283. The van der Waals surface area contributed by atoms with E-state index < -0.39 is 6.48 Å². The minimum Gasteiger partial charge on any atom is -0.372 e. The second kappa shape index (κ2) is 7.48. The maximum atomic E-state index is 5.73. The summed E-state index contributed by atoms with van der Waals surface area (Å²) in [5.41, 5.74) is 4.87. The summed E-state index contributed by atoms with van der Waals surface area (Å²) < 4.78 is 17.1. The molecule has 0 aliphatic carbocycles. The average Bonchev–Trinajstić information content (AvgIpc) is 2.06. The van der Waals surface area contributed by atoms with Crippen LogP contribution in [-0.2, 0) is 13.9 Å². The van der Waals surface area contributed by atoms with E-state index in [1.807, 2.05) is 41.5 Å². The molecule has 5 heteroatoms. The van der Waals surface area contributed by atoms with Gasteiger partial charge in [-0.15, -0.1) is 0 Å². The first-order valence-corrected chi connectivity index (χ1v) is 7.20. The van der Waals surface area contributed by atoms with Gasteiger partial charge in [0.1, 0.15) is 0 Å². The Morgan fingerprint density at radius 3 is 1.82 bits per heavy atom. The Balaban J connectivity index is 4.12. The van der Waals surface area contributed by atoms with Gasteiger partial charge in [-0.2, -0.15) is 0 Å². The highest BCUT2D eigenvalue weighted by Crippen LogP contribution is 2.18. The number of rotatable bonds is 7. The number of hydrogen-bond acceptors (Lipinski definition) is 4. The maximum Gasteiger partial charge on any atom is 0.262 e. The molecule has 0 spiro atoms. The first-order valence-electron chi connectivity index (χ1n) is 6.08. The molecule has 0 aromatic carbocycles. The maximum absolute atomic E-state index is 5.73. The fourth-order valence-electron chi connectivity index (χ4n) is 0.951. The zero-order valence-electron chi connectivity index (χ0n) is 12.0. The normalized spacial score (nSPS) is 13.4. The Bertz CT molecular complexity index is 183. The first-order chi connectivity index (χ1) is 7.64. The molecule has 0 aromatic rings. The van der Waals surface area contributed by atoms with E-state index >= 15 is 0 Å². The molecule has 0 aliphatic heterocycles. The van der Waals surface area contributed by atoms with E-state index in [0.29, 0.717) is 16.3 Å². The molecule has 2 radical (unpaired) electrons. The van der Waals surface area contributed by atoms with E-state index in [9.17, 15) is 0 Å². The van der Waals surface area contributed by atoms with Gasteiger partial charge in [0, 0.05) is 0 Å². The third kappa shape index (κ3) is 12.3. The summed E-state index contributed by atoms with van der Waals surface area (Å²) in [6.45, 7) is 12.0. The molecule has 0 unspecified atom stereocenters. The number of nitrogens with two attached hydrogens (primary N) is 1. The molecule has 0 saturated carbocycles. The molecular formula is C12H27NO3Si. The third-order valence-corrected chi connectivity index (χ3v) is 2.48. The lowest BCUT2D eigenvalue weighted by Gasteiger charge is -2.32. The average molecular weight is 261 g/mol. The molecule has 0 aliphatic rings. The van der Waals surface area contributed by atoms with Crippen LogP contribution >= 0.6 is 0 Å². The van der Waals surface area contributed by atoms with Crippen molar-refractivity contribution in [3.8, 4) is 0 Å². The van der Waals surface area contributed by atoms with E-state index in [0.717, 1.165) is 12.5 Å². The van der Waals surface area contributed by atoms with Gasteiger partial charge in [0.25, 0.3) is 6.48 Å². The molecule has 0 atom stereocenters. The van der Waals surface area contributed by atoms with Crippen molar-refractivity contribution in [3.05, 3.63) is 0 Å². The largest absolute Gasteiger partial charge is 0.372 e. The number of hydrogen-bond donors (Lipinski definition) is 1. The van der Waals surface area contributed by atoms with E-state index in [1.165, 1.54) is 0 Å². The highest BCUT2D eigenvalue weighted by molar-refractivity contribution is 6.27. The van der Waals surface area contributed by atoms with Gasteiger partial charge in [-0.1, -0.05) is 0 Å². The van der Waals surface area contributed by atoms with Crippen LogP contribution < -0.4 is 5.73 Å². The predicted octanol–water partition coefficient (Wildman–Crippen LogP) is 2.30. The lowest BCUT2D eigenvalue weighted by atomic mass is 10.2. The van der Waals surface area contributed by atoms with Crippen LogP contribution in [0.2, 0.25) is 6.04 Å². The summed E-state index contributed by atoms with van der Waals surface area (Å²) in [6.07, 6.45) is 0.968. The van der Waals surface area contributed by atoms with E-state index in [-0.39, 0.29) is 11.2 Å². The van der Waals surface area contributed by atoms with Gasteiger partial charge in [-0.3, -0.25) is 0 Å². The van der Waals surface area contributed by atoms with Crippen LogP contribution in [0, 0.1) is 0 Å². The van der Waals surface area contributed by atoms with Crippen LogP contribution in [0.25, 0.3) is 0 Å². The zero-order chi connectivity index (χ0) is 13.5. The molecule has 17 heavy (non-hydrogen) atoms. The lowest BCUT2D eigenvalue weighted by Crippen LogP contribution is -2.37. The summed E-state index contributed by atoms with van der Waals surface area (Å²) in [5.74, 6) is 0. The fraction of sp³-hybridized carbons (Fsp3) is 1.00. The Hall–Kier alpha value is 0.0569. The van der Waals surface area contributed by atoms with Gasteiger partial charge >= 0.3 is 0 Å². The van der Waals surface area contributed by atoms with Gasteiger partial charge in [0.15, 0.2) is 0 Å². The topological polar surface area (TPSA) is 53.7 Å². The van der Waals surface area contributed by atoms with Crippen molar-refractivity contribution in [2.24, 2.45) is 5.73 Å². The van der Waals surface area contributed by atoms with E-state index in [2.05, 4.69) is 0 Å². The predicted molar refractivity (Wildman–Crippen MR) is 70.8 cm³/mol. The second-order valence-electron chi connectivity index (χ2n) is 5.90. The van der Waals surface area contributed by atoms with Crippen LogP contribution in [0.5, 0.6) is 0 Å². The van der Waals surface area contributed by atoms with E-state index in [4.69, 9.17) is 19.6 Å². The molecule has 4 nitrogen and oxygen atoms in total. The Morgan fingerprint density at radius 1 is 1.00 bits per heavy atom. The van der Waals surface area contributed by atoms with Crippen LogP contribution in [0.4, 0.5) is 0 Å². The molecule has 0 rings (SSSR count). The van der Waals surface area contributed by atoms with Crippen molar-refractivity contribution in [1.29, 1.82) is 0 Å². The van der Waals surface area contributed by atoms with Crippen molar-refractivity contribution in [3.63, 3.8) is 0 Å². The van der Waals surface area contributed by atoms with Crippen molar-refractivity contribution < 1.29 is 13.9 Å². The van der Waals surface area contributed by atoms with Gasteiger partial charge < -0.3 is 19.6 Å². The zero-order valence-corrected chi connectivity index (χ0v) is 13.0. The summed E-state index contributed by atoms with van der Waals surface area (Å²) in [6, 6.07) is 0.952. The fourth-order valence-corrected chi connectivity index (χ4v) is 1.65. The Kier molecular flexibility index (Phi) is 7.51. The first kappa shape index (κ1) is 17.1. The SMILES string of the molecule is CC(C)(C)OC(O[Si]CCCN)OC(C)(C)C. The van der Waals surface area contributed by atoms with Crippen molar-refractivity contribution in [1.82, 2.24) is 0 Å². The van der Waals surface area contributed by atoms with Crippen LogP contribution in [-0.4, -0.2) is 34.0 Å². The molecular weight excluding hydrogens is 234 g/mol. The summed E-state index contributed by atoms with van der Waals surface area (Å²) in [4.78, 5) is 0. The van der Waals surface area contributed by atoms with Crippen molar-refractivity contribution in [2.75, 3.05) is 6.54 Å². The molecule has 0 saturated heterocycles. The summed E-state index contributed by atoms with van der Waals surface area (Å²) in [7, 11) is 0.361. The Labute approximate surface area is 108 Å².